The molecule has 3 aromatic carbocycles. The fourth-order valence-corrected chi connectivity index (χ4v) is 5.94. The van der Waals surface area contributed by atoms with Crippen LogP contribution in [0.2, 0.25) is 0 Å². The maximum absolute atomic E-state index is 13.7. The number of ether oxygens (including phenoxy) is 2. The molecule has 2 unspecified atom stereocenters. The molecule has 9 nitrogen and oxygen atoms in total. The van der Waals surface area contributed by atoms with E-state index in [2.05, 4.69) is 11.8 Å². The third-order valence-electron chi connectivity index (χ3n) is 8.43. The first kappa shape index (κ1) is 29.0. The molecule has 0 saturated carbocycles. The minimum atomic E-state index is -0.745. The summed E-state index contributed by atoms with van der Waals surface area (Å²) in [5.41, 5.74) is 4.84. The molecule has 9 heteroatoms. The number of aromatic nitrogens is 3. The number of fused-ring (bicyclic) bond motifs is 1. The monoisotopic (exact) mass is 592 g/mol. The zero-order valence-corrected chi connectivity index (χ0v) is 24.9. The van der Waals surface area contributed by atoms with Crippen molar-refractivity contribution in [1.29, 1.82) is 0 Å². The smallest absolute Gasteiger partial charge is 0.333 e. The SMILES string of the molecule is CC1CN(c2ccc3c(c2)n(C)c(=O)n3-c2ccc(OCc3ccccc3)nc2OCc2ccccc2)CCC1CC(=O)O. The van der Waals surface area contributed by atoms with Crippen LogP contribution in [0.1, 0.15) is 30.9 Å². The van der Waals surface area contributed by atoms with Gasteiger partial charge in [-0.2, -0.15) is 4.98 Å². The van der Waals surface area contributed by atoms with Gasteiger partial charge in [0.15, 0.2) is 0 Å². The Kier molecular flexibility index (Phi) is 8.36. The first-order chi connectivity index (χ1) is 21.4. The average molecular weight is 593 g/mol. The van der Waals surface area contributed by atoms with Crippen LogP contribution < -0.4 is 20.1 Å². The Labute approximate surface area is 255 Å². The molecule has 3 heterocycles. The summed E-state index contributed by atoms with van der Waals surface area (Å²) >= 11 is 0. The van der Waals surface area contributed by atoms with Gasteiger partial charge in [-0.25, -0.2) is 4.79 Å². The summed E-state index contributed by atoms with van der Waals surface area (Å²) in [5.74, 6) is 0.371. The first-order valence-electron chi connectivity index (χ1n) is 14.9. The van der Waals surface area contributed by atoms with Crippen LogP contribution >= 0.6 is 0 Å². The van der Waals surface area contributed by atoms with Gasteiger partial charge in [0.05, 0.1) is 11.0 Å². The van der Waals surface area contributed by atoms with E-state index in [0.29, 0.717) is 24.1 Å². The molecule has 44 heavy (non-hydrogen) atoms. The van der Waals surface area contributed by atoms with E-state index < -0.39 is 5.97 Å². The van der Waals surface area contributed by atoms with E-state index in [4.69, 9.17) is 14.5 Å². The Morgan fingerprint density at radius 3 is 2.25 bits per heavy atom. The molecule has 0 bridgehead atoms. The molecule has 0 radical (unpaired) electrons. The minimum Gasteiger partial charge on any atom is -0.481 e. The molecule has 2 aromatic heterocycles. The fourth-order valence-electron chi connectivity index (χ4n) is 5.94. The van der Waals surface area contributed by atoms with Gasteiger partial charge in [0.1, 0.15) is 18.9 Å². The number of anilines is 1. The van der Waals surface area contributed by atoms with Crippen LogP contribution in [0.25, 0.3) is 16.7 Å². The van der Waals surface area contributed by atoms with Gasteiger partial charge in [0, 0.05) is 38.3 Å². The van der Waals surface area contributed by atoms with Crippen molar-refractivity contribution >= 4 is 22.7 Å². The Morgan fingerprint density at radius 1 is 0.909 bits per heavy atom. The van der Waals surface area contributed by atoms with Crippen LogP contribution in [-0.4, -0.2) is 38.3 Å². The second-order valence-electron chi connectivity index (χ2n) is 11.4. The number of hydrogen-bond donors (Lipinski definition) is 1. The highest BCUT2D eigenvalue weighted by Gasteiger charge is 2.28. The lowest BCUT2D eigenvalue weighted by atomic mass is 9.84. The van der Waals surface area contributed by atoms with Crippen LogP contribution in [-0.2, 0) is 25.1 Å². The van der Waals surface area contributed by atoms with Crippen molar-refractivity contribution in [3.05, 3.63) is 113 Å². The number of carboxylic acid groups (broad SMARTS) is 1. The van der Waals surface area contributed by atoms with E-state index in [0.717, 1.165) is 47.4 Å². The Hall–Kier alpha value is -5.05. The number of carbonyl (C=O) groups is 1. The van der Waals surface area contributed by atoms with Gasteiger partial charge in [0.25, 0.3) is 0 Å². The van der Waals surface area contributed by atoms with Gasteiger partial charge in [-0.3, -0.25) is 13.9 Å². The second kappa shape index (κ2) is 12.7. The van der Waals surface area contributed by atoms with Crippen molar-refractivity contribution < 1.29 is 19.4 Å². The molecule has 1 saturated heterocycles. The van der Waals surface area contributed by atoms with Crippen molar-refractivity contribution in [3.63, 3.8) is 0 Å². The summed E-state index contributed by atoms with van der Waals surface area (Å²) in [5, 5.41) is 9.27. The number of nitrogens with zero attached hydrogens (tertiary/aromatic N) is 4. The summed E-state index contributed by atoms with van der Waals surface area (Å²) < 4.78 is 15.5. The summed E-state index contributed by atoms with van der Waals surface area (Å²) in [7, 11) is 1.77. The Bertz CT molecular complexity index is 1820. The number of rotatable bonds is 10. The van der Waals surface area contributed by atoms with Gasteiger partial charge >= 0.3 is 11.7 Å². The fraction of sp³-hybridized carbons (Fsp3) is 0.286. The van der Waals surface area contributed by atoms with Crippen molar-refractivity contribution in [2.45, 2.75) is 33.0 Å². The predicted molar refractivity (Wildman–Crippen MR) is 170 cm³/mol. The zero-order valence-electron chi connectivity index (χ0n) is 24.9. The predicted octanol–water partition coefficient (Wildman–Crippen LogP) is 5.82. The molecule has 1 fully saturated rings. The maximum Gasteiger partial charge on any atom is 0.333 e. The van der Waals surface area contributed by atoms with Crippen LogP contribution in [0.5, 0.6) is 11.8 Å². The minimum absolute atomic E-state index is 0.166. The number of carboxylic acids is 1. The third-order valence-corrected chi connectivity index (χ3v) is 8.43. The average Bonchev–Trinajstić information content (AvgIpc) is 3.29. The lowest BCUT2D eigenvalue weighted by molar-refractivity contribution is -0.138. The number of pyridine rings is 1. The van der Waals surface area contributed by atoms with Gasteiger partial charge < -0.3 is 19.5 Å². The largest absolute Gasteiger partial charge is 0.481 e. The van der Waals surface area contributed by atoms with Gasteiger partial charge in [-0.1, -0.05) is 67.6 Å². The van der Waals surface area contributed by atoms with Crippen LogP contribution in [0.3, 0.4) is 0 Å². The lowest BCUT2D eigenvalue weighted by Crippen LogP contribution is -2.40. The molecule has 2 atom stereocenters. The molecule has 1 aliphatic heterocycles. The number of piperidine rings is 1. The van der Waals surface area contributed by atoms with E-state index in [1.165, 1.54) is 0 Å². The first-order valence-corrected chi connectivity index (χ1v) is 14.9. The van der Waals surface area contributed by atoms with Crippen LogP contribution in [0, 0.1) is 11.8 Å². The Morgan fingerprint density at radius 2 is 1.59 bits per heavy atom. The number of aliphatic carboxylic acids is 1. The molecule has 0 aliphatic carbocycles. The molecule has 6 rings (SSSR count). The Balaban J connectivity index is 1.33. The highest BCUT2D eigenvalue weighted by Crippen LogP contribution is 2.33. The van der Waals surface area contributed by atoms with E-state index in [-0.39, 0.29) is 30.6 Å². The highest BCUT2D eigenvalue weighted by atomic mass is 16.5. The number of hydrogen-bond acceptors (Lipinski definition) is 6. The standard InChI is InChI=1S/C35H36N4O5/c1-24-21-38(18-17-27(24)19-33(40)41)28-13-14-29-31(20-28)37(2)35(42)39(29)30-15-16-32(43-22-25-9-5-3-6-10-25)36-34(30)44-23-26-11-7-4-8-12-26/h3-16,20,24,27H,17-19,21-23H2,1-2H3,(H,40,41). The molecule has 1 aliphatic rings. The van der Waals surface area contributed by atoms with E-state index in [1.807, 2.05) is 84.9 Å². The highest BCUT2D eigenvalue weighted by molar-refractivity contribution is 5.82. The number of aryl methyl sites for hydroxylation is 1. The van der Waals surface area contributed by atoms with Crippen molar-refractivity contribution in [2.24, 2.45) is 18.9 Å². The van der Waals surface area contributed by atoms with Crippen LogP contribution in [0.15, 0.2) is 95.8 Å². The third kappa shape index (κ3) is 6.17. The van der Waals surface area contributed by atoms with Crippen LogP contribution in [0.4, 0.5) is 5.69 Å². The summed E-state index contributed by atoms with van der Waals surface area (Å²) in [6.45, 7) is 4.29. The molecule has 5 aromatic rings. The van der Waals surface area contributed by atoms with E-state index in [9.17, 15) is 14.7 Å². The summed E-state index contributed by atoms with van der Waals surface area (Å²) in [4.78, 5) is 32.0. The quantitative estimate of drug-likeness (QED) is 0.218. The summed E-state index contributed by atoms with van der Waals surface area (Å²) in [6, 6.07) is 29.3. The summed E-state index contributed by atoms with van der Waals surface area (Å²) in [6.07, 6.45) is 1.02. The molecular formula is C35H36N4O5. The van der Waals surface area contributed by atoms with Crippen molar-refractivity contribution in [2.75, 3.05) is 18.0 Å². The van der Waals surface area contributed by atoms with E-state index >= 15 is 0 Å². The molecule has 1 N–H and O–H groups in total. The molecule has 0 amide bonds. The second-order valence-corrected chi connectivity index (χ2v) is 11.4. The molecule has 226 valence electrons. The topological polar surface area (TPSA) is 98.8 Å². The van der Waals surface area contributed by atoms with Gasteiger partial charge in [0.2, 0.25) is 11.8 Å². The zero-order chi connectivity index (χ0) is 30.6. The van der Waals surface area contributed by atoms with Gasteiger partial charge in [-0.15, -0.1) is 0 Å². The van der Waals surface area contributed by atoms with Gasteiger partial charge in [-0.05, 0) is 53.6 Å². The van der Waals surface area contributed by atoms with E-state index in [1.54, 1.807) is 22.2 Å². The molecular weight excluding hydrogens is 556 g/mol. The number of benzene rings is 3. The lowest BCUT2D eigenvalue weighted by Gasteiger charge is -2.37. The molecule has 0 spiro atoms. The normalized spacial score (nSPS) is 16.6. The number of imidazole rings is 1. The maximum atomic E-state index is 13.7. The van der Waals surface area contributed by atoms with Crippen molar-refractivity contribution in [1.82, 2.24) is 14.1 Å². The van der Waals surface area contributed by atoms with Crippen molar-refractivity contribution in [3.8, 4) is 17.4 Å².